The van der Waals surface area contributed by atoms with E-state index in [0.29, 0.717) is 13.1 Å². The third-order valence-corrected chi connectivity index (χ3v) is 2.21. The van der Waals surface area contributed by atoms with Gasteiger partial charge in [-0.05, 0) is 18.2 Å². The Balaban J connectivity index is 2.88. The number of carbonyl (C=O) groups excluding carboxylic acids is 1. The molecule has 0 heterocycles. The monoisotopic (exact) mass is 226 g/mol. The maximum absolute atomic E-state index is 13.3. The van der Waals surface area contributed by atoms with Crippen LogP contribution in [-0.2, 0) is 0 Å². The van der Waals surface area contributed by atoms with Crippen LogP contribution in [0.2, 0.25) is 0 Å². The standard InChI is InChI=1S/C11H15FN2O2/c1-14(6-5-13)11(15)8-3-4-10(16-2)9(12)7-8/h3-4,7H,5-6,13H2,1-2H3. The fourth-order valence-electron chi connectivity index (χ4n) is 1.31. The second-order valence-electron chi connectivity index (χ2n) is 3.36. The van der Waals surface area contributed by atoms with Crippen LogP contribution in [0.3, 0.4) is 0 Å². The van der Waals surface area contributed by atoms with Crippen molar-refractivity contribution in [3.63, 3.8) is 0 Å². The molecule has 0 aliphatic carbocycles. The van der Waals surface area contributed by atoms with Crippen molar-refractivity contribution in [1.29, 1.82) is 0 Å². The molecule has 0 spiro atoms. The van der Waals surface area contributed by atoms with E-state index in [2.05, 4.69) is 0 Å². The highest BCUT2D eigenvalue weighted by Crippen LogP contribution is 2.18. The van der Waals surface area contributed by atoms with Crippen molar-refractivity contribution < 1.29 is 13.9 Å². The number of ether oxygens (including phenoxy) is 1. The Morgan fingerprint density at radius 3 is 2.75 bits per heavy atom. The summed E-state index contributed by atoms with van der Waals surface area (Å²) in [6.07, 6.45) is 0. The summed E-state index contributed by atoms with van der Waals surface area (Å²) in [6, 6.07) is 4.12. The van der Waals surface area contributed by atoms with Gasteiger partial charge in [0.15, 0.2) is 11.6 Å². The van der Waals surface area contributed by atoms with Gasteiger partial charge in [0.1, 0.15) is 0 Å². The van der Waals surface area contributed by atoms with Crippen LogP contribution in [0.1, 0.15) is 10.4 Å². The van der Waals surface area contributed by atoms with Gasteiger partial charge in [-0.2, -0.15) is 0 Å². The molecule has 0 fully saturated rings. The van der Waals surface area contributed by atoms with Crippen molar-refractivity contribution in [1.82, 2.24) is 4.90 Å². The Morgan fingerprint density at radius 2 is 2.25 bits per heavy atom. The summed E-state index contributed by atoms with van der Waals surface area (Å²) in [7, 11) is 3.00. The summed E-state index contributed by atoms with van der Waals surface area (Å²) in [5.74, 6) is -0.681. The summed E-state index contributed by atoms with van der Waals surface area (Å²) >= 11 is 0. The van der Waals surface area contributed by atoms with Crippen LogP contribution in [0.5, 0.6) is 5.75 Å². The Kier molecular flexibility index (Phi) is 4.25. The van der Waals surface area contributed by atoms with Gasteiger partial charge < -0.3 is 15.4 Å². The van der Waals surface area contributed by atoms with Crippen molar-refractivity contribution in [2.24, 2.45) is 5.73 Å². The molecule has 4 nitrogen and oxygen atoms in total. The van der Waals surface area contributed by atoms with E-state index in [0.717, 1.165) is 6.07 Å². The van der Waals surface area contributed by atoms with Crippen molar-refractivity contribution in [3.05, 3.63) is 29.6 Å². The van der Waals surface area contributed by atoms with Crippen LogP contribution < -0.4 is 10.5 Å². The van der Waals surface area contributed by atoms with E-state index in [4.69, 9.17) is 10.5 Å². The molecule has 1 rings (SSSR count). The minimum atomic E-state index is -0.547. The van der Waals surface area contributed by atoms with E-state index in [1.807, 2.05) is 0 Å². The summed E-state index contributed by atoms with van der Waals surface area (Å²) in [4.78, 5) is 13.2. The Bertz CT molecular complexity index is 382. The topological polar surface area (TPSA) is 55.6 Å². The van der Waals surface area contributed by atoms with Crippen LogP contribution >= 0.6 is 0 Å². The van der Waals surface area contributed by atoms with Crippen molar-refractivity contribution in [2.45, 2.75) is 0 Å². The molecule has 5 heteroatoms. The van der Waals surface area contributed by atoms with E-state index >= 15 is 0 Å². The summed E-state index contributed by atoms with van der Waals surface area (Å²) in [5, 5.41) is 0. The van der Waals surface area contributed by atoms with Crippen molar-refractivity contribution in [3.8, 4) is 5.75 Å². The van der Waals surface area contributed by atoms with Gasteiger partial charge in [0.2, 0.25) is 0 Å². The molecule has 0 unspecified atom stereocenters. The molecule has 0 atom stereocenters. The van der Waals surface area contributed by atoms with Gasteiger partial charge in [0, 0.05) is 25.7 Å². The number of nitrogens with zero attached hydrogens (tertiary/aromatic N) is 1. The molecule has 0 aliphatic heterocycles. The van der Waals surface area contributed by atoms with Gasteiger partial charge in [0.05, 0.1) is 7.11 Å². The fourth-order valence-corrected chi connectivity index (χ4v) is 1.31. The SMILES string of the molecule is COc1ccc(C(=O)N(C)CCN)cc1F. The molecule has 0 radical (unpaired) electrons. The van der Waals surface area contributed by atoms with Gasteiger partial charge in [-0.3, -0.25) is 4.79 Å². The molecule has 2 N–H and O–H groups in total. The van der Waals surface area contributed by atoms with Crippen LogP contribution in [0.15, 0.2) is 18.2 Å². The number of hydrogen-bond donors (Lipinski definition) is 1. The number of methoxy groups -OCH3 is 1. The fraction of sp³-hybridized carbons (Fsp3) is 0.364. The Hall–Kier alpha value is -1.62. The molecule has 0 bridgehead atoms. The lowest BCUT2D eigenvalue weighted by atomic mass is 10.2. The largest absolute Gasteiger partial charge is 0.494 e. The highest BCUT2D eigenvalue weighted by atomic mass is 19.1. The van der Waals surface area contributed by atoms with Crippen LogP contribution in [0.4, 0.5) is 4.39 Å². The summed E-state index contributed by atoms with van der Waals surface area (Å²) in [5.41, 5.74) is 5.62. The lowest BCUT2D eigenvalue weighted by molar-refractivity contribution is 0.0798. The van der Waals surface area contributed by atoms with E-state index in [-0.39, 0.29) is 17.2 Å². The molecule has 1 aromatic rings. The number of nitrogens with two attached hydrogens (primary N) is 1. The molecular formula is C11H15FN2O2. The average Bonchev–Trinajstić information content (AvgIpc) is 2.28. The first-order chi connectivity index (χ1) is 7.60. The van der Waals surface area contributed by atoms with E-state index < -0.39 is 5.82 Å². The van der Waals surface area contributed by atoms with Crippen LogP contribution in [-0.4, -0.2) is 38.1 Å². The number of likely N-dealkylation sites (N-methyl/N-ethyl adjacent to an activating group) is 1. The van der Waals surface area contributed by atoms with Gasteiger partial charge in [-0.1, -0.05) is 0 Å². The molecular weight excluding hydrogens is 211 g/mol. The van der Waals surface area contributed by atoms with Crippen molar-refractivity contribution in [2.75, 3.05) is 27.2 Å². The lowest BCUT2D eigenvalue weighted by Gasteiger charge is -2.16. The van der Waals surface area contributed by atoms with Gasteiger partial charge in [-0.15, -0.1) is 0 Å². The quantitative estimate of drug-likeness (QED) is 0.828. The first-order valence-corrected chi connectivity index (χ1v) is 4.89. The smallest absolute Gasteiger partial charge is 0.253 e. The highest BCUT2D eigenvalue weighted by molar-refractivity contribution is 5.94. The van der Waals surface area contributed by atoms with E-state index in [1.54, 1.807) is 7.05 Å². The minimum absolute atomic E-state index is 0.123. The molecule has 1 aromatic carbocycles. The first-order valence-electron chi connectivity index (χ1n) is 4.89. The number of amides is 1. The Morgan fingerprint density at radius 1 is 1.56 bits per heavy atom. The zero-order chi connectivity index (χ0) is 12.1. The van der Waals surface area contributed by atoms with Gasteiger partial charge in [0.25, 0.3) is 5.91 Å². The molecule has 1 amide bonds. The predicted octanol–water partition coefficient (Wildman–Crippen LogP) is 0.865. The zero-order valence-corrected chi connectivity index (χ0v) is 9.37. The molecule has 0 saturated heterocycles. The van der Waals surface area contributed by atoms with Gasteiger partial charge >= 0.3 is 0 Å². The van der Waals surface area contributed by atoms with Crippen LogP contribution in [0, 0.1) is 5.82 Å². The normalized spacial score (nSPS) is 10.0. The molecule has 16 heavy (non-hydrogen) atoms. The van der Waals surface area contributed by atoms with Crippen LogP contribution in [0.25, 0.3) is 0 Å². The molecule has 0 saturated carbocycles. The molecule has 0 aliphatic rings. The van der Waals surface area contributed by atoms with E-state index in [9.17, 15) is 9.18 Å². The predicted molar refractivity (Wildman–Crippen MR) is 59.0 cm³/mol. The maximum atomic E-state index is 13.3. The third kappa shape index (κ3) is 2.70. The number of halogens is 1. The highest BCUT2D eigenvalue weighted by Gasteiger charge is 2.13. The maximum Gasteiger partial charge on any atom is 0.253 e. The third-order valence-electron chi connectivity index (χ3n) is 2.21. The first kappa shape index (κ1) is 12.4. The summed E-state index contributed by atoms with van der Waals surface area (Å²) in [6.45, 7) is 0.813. The number of hydrogen-bond acceptors (Lipinski definition) is 3. The number of rotatable bonds is 4. The average molecular weight is 226 g/mol. The summed E-state index contributed by atoms with van der Waals surface area (Å²) < 4.78 is 18.1. The minimum Gasteiger partial charge on any atom is -0.494 e. The van der Waals surface area contributed by atoms with Crippen molar-refractivity contribution >= 4 is 5.91 Å². The second kappa shape index (κ2) is 5.46. The second-order valence-corrected chi connectivity index (χ2v) is 3.36. The number of benzene rings is 1. The molecule has 0 aromatic heterocycles. The number of carbonyl (C=O) groups is 1. The molecule has 88 valence electrons. The Labute approximate surface area is 93.8 Å². The van der Waals surface area contributed by atoms with Gasteiger partial charge in [-0.25, -0.2) is 4.39 Å². The zero-order valence-electron chi connectivity index (χ0n) is 9.37. The lowest BCUT2D eigenvalue weighted by Crippen LogP contribution is -2.31. The van der Waals surface area contributed by atoms with E-state index in [1.165, 1.54) is 24.1 Å².